The van der Waals surface area contributed by atoms with Gasteiger partial charge < -0.3 is 10.4 Å². The van der Waals surface area contributed by atoms with Gasteiger partial charge in [0.05, 0.1) is 0 Å². The highest BCUT2D eigenvalue weighted by Crippen LogP contribution is 2.03. The van der Waals surface area contributed by atoms with Crippen LogP contribution >= 0.6 is 11.8 Å². The molecule has 0 spiro atoms. The van der Waals surface area contributed by atoms with Gasteiger partial charge in [0.15, 0.2) is 0 Å². The van der Waals surface area contributed by atoms with E-state index in [9.17, 15) is 9.59 Å². The number of carboxylic acids is 1. The molecule has 0 bridgehead atoms. The number of amides is 1. The lowest BCUT2D eigenvalue weighted by atomic mass is 10.1. The average Bonchev–Trinajstić information content (AvgIpc) is 2.42. The smallest absolute Gasteiger partial charge is 0.326 e. The van der Waals surface area contributed by atoms with E-state index >= 15 is 0 Å². The largest absolute Gasteiger partial charge is 0.480 e. The topological polar surface area (TPSA) is 79.3 Å². The summed E-state index contributed by atoms with van der Waals surface area (Å²) in [6.07, 6.45) is 6.56. The second-order valence-electron chi connectivity index (χ2n) is 4.10. The lowest BCUT2D eigenvalue weighted by molar-refractivity contribution is -0.141. The SMILES string of the molecule is CSCC[C@H](NC(=O)CCc1cccnc1)C(=O)O. The number of nitrogens with one attached hydrogen (secondary N) is 1. The van der Waals surface area contributed by atoms with Gasteiger partial charge in [-0.25, -0.2) is 4.79 Å². The summed E-state index contributed by atoms with van der Waals surface area (Å²) in [5.74, 6) is -0.513. The molecule has 0 unspecified atom stereocenters. The molecule has 0 radical (unpaired) electrons. The lowest BCUT2D eigenvalue weighted by Gasteiger charge is -2.13. The monoisotopic (exact) mass is 282 g/mol. The van der Waals surface area contributed by atoms with Gasteiger partial charge in [-0.05, 0) is 36.5 Å². The first-order valence-corrected chi connectivity index (χ1v) is 7.43. The molecule has 19 heavy (non-hydrogen) atoms. The third kappa shape index (κ3) is 6.24. The number of aryl methyl sites for hydroxylation is 1. The number of aliphatic carboxylic acids is 1. The molecule has 0 aliphatic heterocycles. The van der Waals surface area contributed by atoms with E-state index in [1.54, 1.807) is 24.2 Å². The van der Waals surface area contributed by atoms with Crippen LogP contribution in [0.2, 0.25) is 0 Å². The third-order valence-corrected chi connectivity index (χ3v) is 3.25. The number of pyridine rings is 1. The first-order valence-electron chi connectivity index (χ1n) is 6.03. The van der Waals surface area contributed by atoms with E-state index in [1.807, 2.05) is 18.4 Å². The van der Waals surface area contributed by atoms with Gasteiger partial charge in [0.2, 0.25) is 5.91 Å². The Hall–Kier alpha value is -1.56. The Labute approximate surface area is 116 Å². The maximum atomic E-state index is 11.7. The van der Waals surface area contributed by atoms with Crippen molar-refractivity contribution in [3.8, 4) is 0 Å². The number of carboxylic acid groups (broad SMARTS) is 1. The second-order valence-corrected chi connectivity index (χ2v) is 5.09. The summed E-state index contributed by atoms with van der Waals surface area (Å²) in [4.78, 5) is 26.6. The summed E-state index contributed by atoms with van der Waals surface area (Å²) in [5, 5.41) is 11.5. The Kier molecular flexibility index (Phi) is 6.95. The van der Waals surface area contributed by atoms with Gasteiger partial charge in [-0.3, -0.25) is 9.78 Å². The number of nitrogens with zero attached hydrogens (tertiary/aromatic N) is 1. The Morgan fingerprint density at radius 3 is 2.89 bits per heavy atom. The first kappa shape index (κ1) is 15.5. The summed E-state index contributed by atoms with van der Waals surface area (Å²) in [7, 11) is 0. The standard InChI is InChI=1S/C13H18N2O3S/c1-19-8-6-11(13(17)18)15-12(16)5-4-10-3-2-7-14-9-10/h2-3,7,9,11H,4-6,8H2,1H3,(H,15,16)(H,17,18)/t11-/m0/s1. The van der Waals surface area contributed by atoms with Gasteiger partial charge >= 0.3 is 5.97 Å². The predicted octanol–water partition coefficient (Wildman–Crippen LogP) is 1.34. The fourth-order valence-corrected chi connectivity index (χ4v) is 2.03. The molecule has 0 aromatic carbocycles. The number of rotatable bonds is 8. The normalized spacial score (nSPS) is 11.8. The van der Waals surface area contributed by atoms with E-state index in [0.29, 0.717) is 18.6 Å². The van der Waals surface area contributed by atoms with Gasteiger partial charge in [-0.2, -0.15) is 11.8 Å². The van der Waals surface area contributed by atoms with Gasteiger partial charge in [0.1, 0.15) is 6.04 Å². The molecule has 1 aromatic rings. The number of hydrogen-bond acceptors (Lipinski definition) is 4. The fraction of sp³-hybridized carbons (Fsp3) is 0.462. The minimum absolute atomic E-state index is 0.239. The number of thioether (sulfide) groups is 1. The van der Waals surface area contributed by atoms with Crippen molar-refractivity contribution in [2.75, 3.05) is 12.0 Å². The molecule has 0 saturated carbocycles. The highest BCUT2D eigenvalue weighted by atomic mass is 32.2. The van der Waals surface area contributed by atoms with Crippen molar-refractivity contribution in [2.24, 2.45) is 0 Å². The number of hydrogen-bond donors (Lipinski definition) is 2. The summed E-state index contributed by atoms with van der Waals surface area (Å²) in [5.41, 5.74) is 0.966. The zero-order chi connectivity index (χ0) is 14.1. The third-order valence-electron chi connectivity index (χ3n) is 2.61. The zero-order valence-electron chi connectivity index (χ0n) is 10.8. The van der Waals surface area contributed by atoms with E-state index in [1.165, 1.54) is 0 Å². The quantitative estimate of drug-likeness (QED) is 0.752. The molecule has 0 saturated heterocycles. The second kappa shape index (κ2) is 8.53. The van der Waals surface area contributed by atoms with Crippen molar-refractivity contribution in [1.29, 1.82) is 0 Å². The molecule has 104 valence electrons. The van der Waals surface area contributed by atoms with Crippen molar-refractivity contribution >= 4 is 23.6 Å². The Balaban J connectivity index is 2.38. The van der Waals surface area contributed by atoms with Crippen molar-refractivity contribution in [1.82, 2.24) is 10.3 Å². The minimum Gasteiger partial charge on any atom is -0.480 e. The van der Waals surface area contributed by atoms with Crippen LogP contribution in [0.25, 0.3) is 0 Å². The molecule has 2 N–H and O–H groups in total. The highest BCUT2D eigenvalue weighted by Gasteiger charge is 2.18. The van der Waals surface area contributed by atoms with E-state index in [0.717, 1.165) is 5.56 Å². The summed E-state index contributed by atoms with van der Waals surface area (Å²) in [6.45, 7) is 0. The maximum Gasteiger partial charge on any atom is 0.326 e. The fourth-order valence-electron chi connectivity index (χ4n) is 1.56. The molecule has 6 heteroatoms. The van der Waals surface area contributed by atoms with E-state index in [4.69, 9.17) is 5.11 Å². The van der Waals surface area contributed by atoms with Gasteiger partial charge in [0.25, 0.3) is 0 Å². The van der Waals surface area contributed by atoms with Crippen molar-refractivity contribution in [2.45, 2.75) is 25.3 Å². The predicted molar refractivity (Wildman–Crippen MR) is 75.1 cm³/mol. The van der Waals surface area contributed by atoms with Crippen LogP contribution < -0.4 is 5.32 Å². The van der Waals surface area contributed by atoms with Crippen LogP contribution in [-0.4, -0.2) is 40.0 Å². The molecule has 1 rings (SSSR count). The summed E-state index contributed by atoms with van der Waals surface area (Å²) < 4.78 is 0. The van der Waals surface area contributed by atoms with Crippen molar-refractivity contribution in [3.63, 3.8) is 0 Å². The molecule has 1 atom stereocenters. The highest BCUT2D eigenvalue weighted by molar-refractivity contribution is 7.98. The molecule has 0 fully saturated rings. The van der Waals surface area contributed by atoms with E-state index in [2.05, 4.69) is 10.3 Å². The van der Waals surface area contributed by atoms with Crippen LogP contribution in [0.5, 0.6) is 0 Å². The van der Waals surface area contributed by atoms with Gasteiger partial charge in [-0.1, -0.05) is 6.07 Å². The number of aromatic nitrogens is 1. The van der Waals surface area contributed by atoms with Gasteiger partial charge in [-0.15, -0.1) is 0 Å². The maximum absolute atomic E-state index is 11.7. The van der Waals surface area contributed by atoms with E-state index in [-0.39, 0.29) is 12.3 Å². The molecule has 1 amide bonds. The molecule has 1 heterocycles. The summed E-state index contributed by atoms with van der Waals surface area (Å²) in [6, 6.07) is 2.91. The molecule has 0 aliphatic carbocycles. The van der Waals surface area contributed by atoms with Crippen LogP contribution in [-0.2, 0) is 16.0 Å². The van der Waals surface area contributed by atoms with Crippen molar-refractivity contribution in [3.05, 3.63) is 30.1 Å². The number of carbonyl (C=O) groups is 2. The average molecular weight is 282 g/mol. The molecule has 5 nitrogen and oxygen atoms in total. The van der Waals surface area contributed by atoms with Crippen LogP contribution in [0.15, 0.2) is 24.5 Å². The first-order chi connectivity index (χ1) is 9.13. The van der Waals surface area contributed by atoms with Crippen LogP contribution in [0.3, 0.4) is 0 Å². The molecular weight excluding hydrogens is 264 g/mol. The zero-order valence-corrected chi connectivity index (χ0v) is 11.7. The Bertz CT molecular complexity index is 412. The minimum atomic E-state index is -0.983. The lowest BCUT2D eigenvalue weighted by Crippen LogP contribution is -2.41. The molecular formula is C13H18N2O3S. The Morgan fingerprint density at radius 2 is 2.32 bits per heavy atom. The van der Waals surface area contributed by atoms with Crippen molar-refractivity contribution < 1.29 is 14.7 Å². The number of carbonyl (C=O) groups excluding carboxylic acids is 1. The van der Waals surface area contributed by atoms with Crippen LogP contribution in [0.1, 0.15) is 18.4 Å². The summed E-state index contributed by atoms with van der Waals surface area (Å²) >= 11 is 1.56. The van der Waals surface area contributed by atoms with E-state index < -0.39 is 12.0 Å². The molecule has 0 aliphatic rings. The molecule has 1 aromatic heterocycles. The Morgan fingerprint density at radius 1 is 1.53 bits per heavy atom. The van der Waals surface area contributed by atoms with Gasteiger partial charge in [0, 0.05) is 18.8 Å². The van der Waals surface area contributed by atoms with Crippen LogP contribution in [0.4, 0.5) is 0 Å². The van der Waals surface area contributed by atoms with Crippen LogP contribution in [0, 0.1) is 0 Å².